The number of hydrogen-bond acceptors (Lipinski definition) is 3. The number of unbranched alkanes of at least 4 members (excludes halogenated alkanes) is 1. The van der Waals surface area contributed by atoms with Gasteiger partial charge in [-0.2, -0.15) is 0 Å². The monoisotopic (exact) mass is 308 g/mol. The lowest BCUT2D eigenvalue weighted by molar-refractivity contribution is -0.119. The lowest BCUT2D eigenvalue weighted by atomic mass is 10.1. The van der Waals surface area contributed by atoms with Crippen LogP contribution < -0.4 is 10.2 Å². The highest BCUT2D eigenvalue weighted by Gasteiger charge is 2.26. The number of imide groups is 1. The van der Waals surface area contributed by atoms with Crippen molar-refractivity contribution in [2.24, 2.45) is 0 Å². The average molecular weight is 308 g/mol. The maximum Gasteiger partial charge on any atom is 0.258 e. The number of halogens is 1. The Morgan fingerprint density at radius 1 is 1.18 bits per heavy atom. The SMILES string of the molecule is CCCC.CNC(=O)c1cc(N2C(=O)C=CC2=O)ccc1F.[HH]. The van der Waals surface area contributed by atoms with E-state index in [4.69, 9.17) is 0 Å². The lowest BCUT2D eigenvalue weighted by Crippen LogP contribution is -2.30. The number of amides is 3. The van der Waals surface area contributed by atoms with E-state index in [2.05, 4.69) is 19.2 Å². The number of hydrogen-bond donors (Lipinski definition) is 1. The minimum Gasteiger partial charge on any atom is -0.355 e. The Labute approximate surface area is 130 Å². The van der Waals surface area contributed by atoms with E-state index in [0.717, 1.165) is 29.2 Å². The Balaban J connectivity index is 0.000000871. The van der Waals surface area contributed by atoms with Crippen LogP contribution in [0.5, 0.6) is 0 Å². The minimum absolute atomic E-state index is 0. The second-order valence-corrected chi connectivity index (χ2v) is 4.59. The molecule has 2 rings (SSSR count). The normalized spacial score (nSPS) is 13.0. The summed E-state index contributed by atoms with van der Waals surface area (Å²) in [5.74, 6) is -2.38. The second kappa shape index (κ2) is 8.07. The molecule has 0 aromatic heterocycles. The fraction of sp³-hybridized carbons (Fsp3) is 0.312. The second-order valence-electron chi connectivity index (χ2n) is 4.59. The van der Waals surface area contributed by atoms with Gasteiger partial charge in [0.05, 0.1) is 11.3 Å². The molecule has 3 amide bonds. The lowest BCUT2D eigenvalue weighted by Gasteiger charge is -2.14. The molecule has 1 aromatic rings. The number of nitrogens with one attached hydrogen (secondary N) is 1. The fourth-order valence-electron chi connectivity index (χ4n) is 1.62. The first kappa shape index (κ1) is 17.6. The van der Waals surface area contributed by atoms with Gasteiger partial charge in [0.1, 0.15) is 5.82 Å². The quantitative estimate of drug-likeness (QED) is 0.873. The molecule has 22 heavy (non-hydrogen) atoms. The zero-order valence-corrected chi connectivity index (χ0v) is 12.9. The summed E-state index contributed by atoms with van der Waals surface area (Å²) in [6, 6.07) is 3.47. The standard InChI is InChI=1S/C12H9FN2O3.C4H10.H2/c1-14-12(18)8-6-7(2-3-9(8)13)15-10(16)4-5-11(15)17;1-3-4-2;/h2-6H,1H3,(H,14,18);3-4H2,1-2H3;1H. The summed E-state index contributed by atoms with van der Waals surface area (Å²) in [5.41, 5.74) is -0.0579. The maximum absolute atomic E-state index is 13.4. The van der Waals surface area contributed by atoms with Gasteiger partial charge in [-0.25, -0.2) is 9.29 Å². The molecule has 1 aliphatic rings. The molecule has 0 fully saturated rings. The van der Waals surface area contributed by atoms with Crippen LogP contribution in [-0.2, 0) is 9.59 Å². The molecule has 5 nitrogen and oxygen atoms in total. The van der Waals surface area contributed by atoms with E-state index in [-0.39, 0.29) is 12.7 Å². The van der Waals surface area contributed by atoms with E-state index in [9.17, 15) is 18.8 Å². The van der Waals surface area contributed by atoms with Gasteiger partial charge in [0, 0.05) is 20.6 Å². The molecule has 1 heterocycles. The molecule has 120 valence electrons. The predicted octanol–water partition coefficient (Wildman–Crippen LogP) is 2.67. The molecular formula is C16H21FN2O3. The minimum atomic E-state index is -0.717. The summed E-state index contributed by atoms with van der Waals surface area (Å²) in [5, 5.41) is 2.28. The molecule has 0 unspecified atom stereocenters. The van der Waals surface area contributed by atoms with Crippen LogP contribution in [0, 0.1) is 5.82 Å². The molecule has 0 bridgehead atoms. The average Bonchev–Trinajstić information content (AvgIpc) is 2.86. The Kier molecular flexibility index (Phi) is 6.44. The van der Waals surface area contributed by atoms with Crippen molar-refractivity contribution >= 4 is 23.4 Å². The third-order valence-electron chi connectivity index (χ3n) is 2.99. The van der Waals surface area contributed by atoms with Crippen molar-refractivity contribution < 1.29 is 20.2 Å². The number of carbonyl (C=O) groups is 3. The van der Waals surface area contributed by atoms with Crippen molar-refractivity contribution in [2.45, 2.75) is 26.7 Å². The van der Waals surface area contributed by atoms with Crippen LogP contribution in [0.1, 0.15) is 38.5 Å². The van der Waals surface area contributed by atoms with Gasteiger partial charge in [-0.1, -0.05) is 26.7 Å². The van der Waals surface area contributed by atoms with Gasteiger partial charge < -0.3 is 5.32 Å². The number of benzene rings is 1. The molecule has 1 aromatic carbocycles. The third kappa shape index (κ3) is 4.00. The molecule has 0 spiro atoms. The van der Waals surface area contributed by atoms with Crippen LogP contribution in [0.4, 0.5) is 10.1 Å². The molecule has 0 aliphatic carbocycles. The number of carbonyl (C=O) groups excluding carboxylic acids is 3. The number of nitrogens with zero attached hydrogens (tertiary/aromatic N) is 1. The first-order chi connectivity index (χ1) is 10.5. The smallest absolute Gasteiger partial charge is 0.258 e. The molecule has 0 saturated carbocycles. The number of anilines is 1. The largest absolute Gasteiger partial charge is 0.355 e. The summed E-state index contributed by atoms with van der Waals surface area (Å²) >= 11 is 0. The van der Waals surface area contributed by atoms with Gasteiger partial charge in [0.15, 0.2) is 0 Å². The van der Waals surface area contributed by atoms with Crippen molar-refractivity contribution in [2.75, 3.05) is 11.9 Å². The maximum atomic E-state index is 13.4. The van der Waals surface area contributed by atoms with Crippen LogP contribution in [0.15, 0.2) is 30.4 Å². The summed E-state index contributed by atoms with van der Waals surface area (Å²) < 4.78 is 13.4. The van der Waals surface area contributed by atoms with Crippen molar-refractivity contribution in [1.29, 1.82) is 0 Å². The highest BCUT2D eigenvalue weighted by atomic mass is 19.1. The zero-order chi connectivity index (χ0) is 16.7. The first-order valence-electron chi connectivity index (χ1n) is 7.04. The highest BCUT2D eigenvalue weighted by Crippen LogP contribution is 2.22. The summed E-state index contributed by atoms with van der Waals surface area (Å²) in [7, 11) is 1.36. The fourth-order valence-corrected chi connectivity index (χ4v) is 1.62. The van der Waals surface area contributed by atoms with Crippen molar-refractivity contribution in [3.63, 3.8) is 0 Å². The van der Waals surface area contributed by atoms with Crippen molar-refractivity contribution in [3.8, 4) is 0 Å². The molecule has 1 aliphatic heterocycles. The van der Waals surface area contributed by atoms with Gasteiger partial charge in [0.25, 0.3) is 17.7 Å². The van der Waals surface area contributed by atoms with Gasteiger partial charge in [-0.05, 0) is 18.2 Å². The Morgan fingerprint density at radius 3 is 2.18 bits per heavy atom. The highest BCUT2D eigenvalue weighted by molar-refractivity contribution is 6.28. The van der Waals surface area contributed by atoms with E-state index < -0.39 is 23.5 Å². The van der Waals surface area contributed by atoms with E-state index in [1.165, 1.54) is 26.0 Å². The first-order valence-corrected chi connectivity index (χ1v) is 7.04. The third-order valence-corrected chi connectivity index (χ3v) is 2.99. The van der Waals surface area contributed by atoms with Crippen LogP contribution in [0.3, 0.4) is 0 Å². The molecule has 6 heteroatoms. The Morgan fingerprint density at radius 2 is 1.73 bits per heavy atom. The van der Waals surface area contributed by atoms with E-state index in [1.807, 2.05) is 0 Å². The van der Waals surface area contributed by atoms with Crippen molar-refractivity contribution in [3.05, 3.63) is 41.7 Å². The Hall–Kier alpha value is -2.50. The molecular weight excluding hydrogens is 287 g/mol. The van der Waals surface area contributed by atoms with Gasteiger partial charge in [-0.3, -0.25) is 14.4 Å². The molecule has 0 radical (unpaired) electrons. The number of rotatable bonds is 3. The van der Waals surface area contributed by atoms with E-state index in [1.54, 1.807) is 0 Å². The van der Waals surface area contributed by atoms with E-state index in [0.29, 0.717) is 0 Å². The van der Waals surface area contributed by atoms with E-state index >= 15 is 0 Å². The van der Waals surface area contributed by atoms with Crippen LogP contribution in [0.2, 0.25) is 0 Å². The topological polar surface area (TPSA) is 66.5 Å². The molecule has 0 saturated heterocycles. The Bertz CT molecular complexity index is 597. The molecule has 0 atom stereocenters. The summed E-state index contributed by atoms with van der Waals surface area (Å²) in [6.07, 6.45) is 4.87. The van der Waals surface area contributed by atoms with Crippen LogP contribution in [-0.4, -0.2) is 24.8 Å². The van der Waals surface area contributed by atoms with Gasteiger partial charge in [-0.15, -0.1) is 0 Å². The zero-order valence-electron chi connectivity index (χ0n) is 12.9. The predicted molar refractivity (Wildman–Crippen MR) is 84.1 cm³/mol. The van der Waals surface area contributed by atoms with Gasteiger partial charge in [0.2, 0.25) is 0 Å². The van der Waals surface area contributed by atoms with Gasteiger partial charge >= 0.3 is 0 Å². The summed E-state index contributed by atoms with van der Waals surface area (Å²) in [4.78, 5) is 35.2. The van der Waals surface area contributed by atoms with Crippen molar-refractivity contribution in [1.82, 2.24) is 5.32 Å². The molecule has 1 N–H and O–H groups in total. The van der Waals surface area contributed by atoms with Crippen LogP contribution >= 0.6 is 0 Å². The van der Waals surface area contributed by atoms with Crippen LogP contribution in [0.25, 0.3) is 0 Å². The summed E-state index contributed by atoms with van der Waals surface area (Å²) in [6.45, 7) is 4.36.